The highest BCUT2D eigenvalue weighted by atomic mass is 32.2. The number of nitrogens with one attached hydrogen (secondary N) is 1. The molecule has 1 saturated carbocycles. The molecular formula is C15H21N3O2S. The molecule has 0 spiro atoms. The van der Waals surface area contributed by atoms with Gasteiger partial charge in [0, 0.05) is 12.2 Å². The summed E-state index contributed by atoms with van der Waals surface area (Å²) >= 11 is 0. The van der Waals surface area contributed by atoms with E-state index in [4.69, 9.17) is 5.26 Å². The smallest absolute Gasteiger partial charge is 0.242 e. The van der Waals surface area contributed by atoms with Gasteiger partial charge in [-0.2, -0.15) is 5.26 Å². The molecule has 5 nitrogen and oxygen atoms in total. The Hall–Kier alpha value is -1.45. The van der Waals surface area contributed by atoms with E-state index < -0.39 is 10.0 Å². The molecule has 2 atom stereocenters. The van der Waals surface area contributed by atoms with Crippen molar-refractivity contribution in [1.82, 2.24) is 9.71 Å². The molecule has 2 unspecified atom stereocenters. The van der Waals surface area contributed by atoms with Gasteiger partial charge in [0.05, 0.1) is 0 Å². The monoisotopic (exact) mass is 307 g/mol. The summed E-state index contributed by atoms with van der Waals surface area (Å²) in [5.74, 6) is 0.831. The van der Waals surface area contributed by atoms with Gasteiger partial charge in [-0.15, -0.1) is 0 Å². The molecule has 1 fully saturated rings. The second kappa shape index (κ2) is 6.54. The lowest BCUT2D eigenvalue weighted by molar-refractivity contribution is 0.226. The zero-order valence-corrected chi connectivity index (χ0v) is 13.2. The van der Waals surface area contributed by atoms with Gasteiger partial charge in [-0.05, 0) is 36.8 Å². The molecule has 2 rings (SSSR count). The van der Waals surface area contributed by atoms with E-state index in [1.54, 1.807) is 0 Å². The van der Waals surface area contributed by atoms with Crippen molar-refractivity contribution in [2.24, 2.45) is 11.8 Å². The maximum Gasteiger partial charge on any atom is 0.242 e. The van der Waals surface area contributed by atoms with Crippen LogP contribution in [0.3, 0.4) is 0 Å². The zero-order chi connectivity index (χ0) is 15.5. The Morgan fingerprint density at radius 2 is 2.05 bits per heavy atom. The van der Waals surface area contributed by atoms with E-state index in [0.717, 1.165) is 19.3 Å². The van der Waals surface area contributed by atoms with E-state index in [1.807, 2.05) is 6.07 Å². The summed E-state index contributed by atoms with van der Waals surface area (Å²) in [6.45, 7) is 4.28. The van der Waals surface area contributed by atoms with Gasteiger partial charge >= 0.3 is 0 Å². The molecule has 1 N–H and O–H groups in total. The SMILES string of the molecule is CC(C)C1CCCCC1NS(=O)(=O)c1ccc(C#N)nc1. The van der Waals surface area contributed by atoms with Crippen LogP contribution in [-0.4, -0.2) is 19.4 Å². The fourth-order valence-corrected chi connectivity index (χ4v) is 4.24. The van der Waals surface area contributed by atoms with E-state index in [-0.39, 0.29) is 16.6 Å². The number of rotatable bonds is 4. The van der Waals surface area contributed by atoms with Crippen molar-refractivity contribution in [2.75, 3.05) is 0 Å². The summed E-state index contributed by atoms with van der Waals surface area (Å²) in [5.41, 5.74) is 0.215. The Bertz CT molecular complexity index is 617. The van der Waals surface area contributed by atoms with Crippen LogP contribution in [0.5, 0.6) is 0 Å². The Morgan fingerprint density at radius 3 is 2.62 bits per heavy atom. The molecule has 0 amide bonds. The molecule has 6 heteroatoms. The van der Waals surface area contributed by atoms with Crippen molar-refractivity contribution < 1.29 is 8.42 Å². The van der Waals surface area contributed by atoms with Crippen molar-refractivity contribution in [1.29, 1.82) is 5.26 Å². The fraction of sp³-hybridized carbons (Fsp3) is 0.600. The molecule has 0 saturated heterocycles. The van der Waals surface area contributed by atoms with Gasteiger partial charge in [0.2, 0.25) is 10.0 Å². The number of hydrogen-bond donors (Lipinski definition) is 1. The summed E-state index contributed by atoms with van der Waals surface area (Å²) in [6.07, 6.45) is 5.41. The summed E-state index contributed by atoms with van der Waals surface area (Å²) in [7, 11) is -3.57. The highest BCUT2D eigenvalue weighted by Crippen LogP contribution is 2.31. The van der Waals surface area contributed by atoms with Gasteiger partial charge in [0.25, 0.3) is 0 Å². The van der Waals surface area contributed by atoms with Crippen molar-refractivity contribution in [3.8, 4) is 6.07 Å². The van der Waals surface area contributed by atoms with Gasteiger partial charge < -0.3 is 0 Å². The normalized spacial score (nSPS) is 23.0. The van der Waals surface area contributed by atoms with Gasteiger partial charge in [-0.1, -0.05) is 26.7 Å². The minimum atomic E-state index is -3.57. The Morgan fingerprint density at radius 1 is 1.33 bits per heavy atom. The van der Waals surface area contributed by atoms with Crippen molar-refractivity contribution in [2.45, 2.75) is 50.5 Å². The van der Waals surface area contributed by atoms with Crippen molar-refractivity contribution >= 4 is 10.0 Å². The molecule has 1 aromatic heterocycles. The lowest BCUT2D eigenvalue weighted by atomic mass is 9.78. The summed E-state index contributed by atoms with van der Waals surface area (Å²) in [6, 6.07) is 4.73. The first kappa shape index (κ1) is 15.9. The first-order valence-corrected chi connectivity index (χ1v) is 8.81. The van der Waals surface area contributed by atoms with Crippen LogP contribution in [-0.2, 0) is 10.0 Å². The Labute approximate surface area is 126 Å². The molecule has 1 aliphatic rings. The van der Waals surface area contributed by atoms with Crippen molar-refractivity contribution in [3.63, 3.8) is 0 Å². The minimum absolute atomic E-state index is 0.0145. The number of hydrogen-bond acceptors (Lipinski definition) is 4. The third-order valence-electron chi connectivity index (χ3n) is 4.14. The molecular weight excluding hydrogens is 286 g/mol. The number of aromatic nitrogens is 1. The summed E-state index contributed by atoms with van der Waals surface area (Å²) < 4.78 is 27.7. The van der Waals surface area contributed by atoms with Crippen LogP contribution in [0.2, 0.25) is 0 Å². The van der Waals surface area contributed by atoms with E-state index in [0.29, 0.717) is 11.8 Å². The molecule has 21 heavy (non-hydrogen) atoms. The van der Waals surface area contributed by atoms with Gasteiger partial charge in [0.1, 0.15) is 16.7 Å². The molecule has 1 heterocycles. The highest BCUT2D eigenvalue weighted by molar-refractivity contribution is 7.89. The van der Waals surface area contributed by atoms with Crippen LogP contribution < -0.4 is 4.72 Å². The number of sulfonamides is 1. The predicted octanol–water partition coefficient (Wildman–Crippen LogP) is 2.45. The second-order valence-electron chi connectivity index (χ2n) is 5.91. The van der Waals surface area contributed by atoms with E-state index in [2.05, 4.69) is 23.6 Å². The van der Waals surface area contributed by atoms with E-state index >= 15 is 0 Å². The number of pyridine rings is 1. The Balaban J connectivity index is 2.17. The molecule has 114 valence electrons. The lowest BCUT2D eigenvalue weighted by Crippen LogP contribution is -2.43. The van der Waals surface area contributed by atoms with Crippen LogP contribution in [0.15, 0.2) is 23.2 Å². The van der Waals surface area contributed by atoms with Gasteiger partial charge in [-0.3, -0.25) is 0 Å². The molecule has 1 aliphatic carbocycles. The average molecular weight is 307 g/mol. The maximum absolute atomic E-state index is 12.4. The van der Waals surface area contributed by atoms with Crippen molar-refractivity contribution in [3.05, 3.63) is 24.0 Å². The molecule has 1 aromatic rings. The Kier molecular flexibility index (Phi) is 4.96. The molecule has 0 bridgehead atoms. The molecule has 0 radical (unpaired) electrons. The van der Waals surface area contributed by atoms with E-state index in [1.165, 1.54) is 24.8 Å². The topological polar surface area (TPSA) is 82.9 Å². The zero-order valence-electron chi connectivity index (χ0n) is 12.4. The fourth-order valence-electron chi connectivity index (χ4n) is 2.98. The van der Waals surface area contributed by atoms with E-state index in [9.17, 15) is 8.42 Å². The number of nitrogens with zero attached hydrogens (tertiary/aromatic N) is 2. The first-order valence-electron chi connectivity index (χ1n) is 7.32. The molecule has 0 aromatic carbocycles. The quantitative estimate of drug-likeness (QED) is 0.926. The highest BCUT2D eigenvalue weighted by Gasteiger charge is 2.31. The molecule has 0 aliphatic heterocycles. The van der Waals surface area contributed by atoms with Crippen LogP contribution in [0.25, 0.3) is 0 Å². The minimum Gasteiger partial charge on any atom is -0.244 e. The van der Waals surface area contributed by atoms with Crippen LogP contribution in [0, 0.1) is 23.2 Å². The lowest BCUT2D eigenvalue weighted by Gasteiger charge is -2.34. The largest absolute Gasteiger partial charge is 0.244 e. The predicted molar refractivity (Wildman–Crippen MR) is 79.9 cm³/mol. The third kappa shape index (κ3) is 3.80. The summed E-state index contributed by atoms with van der Waals surface area (Å²) in [4.78, 5) is 3.95. The number of nitriles is 1. The maximum atomic E-state index is 12.4. The second-order valence-corrected chi connectivity index (χ2v) is 7.63. The standard InChI is InChI=1S/C15H21N3O2S/c1-11(2)14-5-3-4-6-15(14)18-21(19,20)13-8-7-12(9-16)17-10-13/h7-8,10-11,14-15,18H,3-6H2,1-2H3. The third-order valence-corrected chi connectivity index (χ3v) is 5.62. The van der Waals surface area contributed by atoms with Gasteiger partial charge in [0.15, 0.2) is 0 Å². The first-order chi connectivity index (χ1) is 9.94. The van der Waals surface area contributed by atoms with Crippen LogP contribution in [0.4, 0.5) is 0 Å². The summed E-state index contributed by atoms with van der Waals surface area (Å²) in [5, 5.41) is 8.71. The van der Waals surface area contributed by atoms with Crippen LogP contribution in [0.1, 0.15) is 45.2 Å². The average Bonchev–Trinajstić information content (AvgIpc) is 2.47. The van der Waals surface area contributed by atoms with Crippen LogP contribution >= 0.6 is 0 Å². The van der Waals surface area contributed by atoms with Gasteiger partial charge in [-0.25, -0.2) is 18.1 Å².